The minimum atomic E-state index is -4.30. The number of aromatic amines is 1. The van der Waals surface area contributed by atoms with Crippen LogP contribution < -0.4 is 10.6 Å². The molecule has 0 fully saturated rings. The SMILES string of the molecule is CCNC(=NCCCOCC(F)(F)F)NCCc1c[nH]c2cc(F)ccc12.I. The van der Waals surface area contributed by atoms with Crippen LogP contribution in [0.25, 0.3) is 10.9 Å². The number of alkyl halides is 3. The van der Waals surface area contributed by atoms with Crippen LogP contribution in [0.3, 0.4) is 0 Å². The molecule has 0 aliphatic carbocycles. The summed E-state index contributed by atoms with van der Waals surface area (Å²) in [5, 5.41) is 7.24. The minimum absolute atomic E-state index is 0. The number of aromatic nitrogens is 1. The van der Waals surface area contributed by atoms with Crippen molar-refractivity contribution in [2.24, 2.45) is 4.99 Å². The predicted molar refractivity (Wildman–Crippen MR) is 113 cm³/mol. The zero-order valence-electron chi connectivity index (χ0n) is 15.5. The monoisotopic (exact) mass is 516 g/mol. The minimum Gasteiger partial charge on any atom is -0.372 e. The number of hydrogen-bond donors (Lipinski definition) is 3. The lowest BCUT2D eigenvalue weighted by molar-refractivity contribution is -0.173. The van der Waals surface area contributed by atoms with E-state index in [0.717, 1.165) is 16.5 Å². The van der Waals surface area contributed by atoms with Gasteiger partial charge in [0, 0.05) is 43.3 Å². The molecule has 1 heterocycles. The number of nitrogens with zero attached hydrogens (tertiary/aromatic N) is 1. The van der Waals surface area contributed by atoms with Gasteiger partial charge in [-0.1, -0.05) is 0 Å². The van der Waals surface area contributed by atoms with E-state index >= 15 is 0 Å². The average molecular weight is 516 g/mol. The van der Waals surface area contributed by atoms with Crippen LogP contribution in [0.4, 0.5) is 17.6 Å². The van der Waals surface area contributed by atoms with Gasteiger partial charge in [0.1, 0.15) is 12.4 Å². The number of fused-ring (bicyclic) bond motifs is 1. The van der Waals surface area contributed by atoms with Crippen LogP contribution in [0, 0.1) is 5.82 Å². The number of aliphatic imine (C=N–C) groups is 1. The molecule has 0 bridgehead atoms. The Morgan fingerprint density at radius 3 is 2.75 bits per heavy atom. The molecule has 0 spiro atoms. The molecule has 5 nitrogen and oxygen atoms in total. The summed E-state index contributed by atoms with van der Waals surface area (Å²) in [7, 11) is 0. The molecule has 1 aromatic carbocycles. The summed E-state index contributed by atoms with van der Waals surface area (Å²) in [6, 6.07) is 4.63. The van der Waals surface area contributed by atoms with Crippen LogP contribution >= 0.6 is 24.0 Å². The topological polar surface area (TPSA) is 61.4 Å². The van der Waals surface area contributed by atoms with Gasteiger partial charge in [0.05, 0.1) is 0 Å². The largest absolute Gasteiger partial charge is 0.411 e. The van der Waals surface area contributed by atoms with Gasteiger partial charge in [0.2, 0.25) is 0 Å². The molecule has 0 aliphatic rings. The van der Waals surface area contributed by atoms with E-state index in [-0.39, 0.29) is 36.4 Å². The number of H-pyrrole nitrogens is 1. The maximum Gasteiger partial charge on any atom is 0.411 e. The van der Waals surface area contributed by atoms with Crippen molar-refractivity contribution >= 4 is 40.8 Å². The van der Waals surface area contributed by atoms with E-state index in [9.17, 15) is 17.6 Å². The normalized spacial score (nSPS) is 12.1. The molecule has 0 saturated carbocycles. The molecule has 0 unspecified atom stereocenters. The first-order valence-corrected chi connectivity index (χ1v) is 8.81. The first-order valence-electron chi connectivity index (χ1n) is 8.81. The highest BCUT2D eigenvalue weighted by molar-refractivity contribution is 14.0. The van der Waals surface area contributed by atoms with Gasteiger partial charge in [0.15, 0.2) is 5.96 Å². The van der Waals surface area contributed by atoms with Crippen LogP contribution in [-0.2, 0) is 11.2 Å². The Hall–Kier alpha value is -1.56. The van der Waals surface area contributed by atoms with Crippen LogP contribution in [0.5, 0.6) is 0 Å². The molecule has 2 rings (SSSR count). The summed E-state index contributed by atoms with van der Waals surface area (Å²) < 4.78 is 53.7. The van der Waals surface area contributed by atoms with Gasteiger partial charge in [0.25, 0.3) is 0 Å². The Bertz CT molecular complexity index is 749. The molecule has 3 N–H and O–H groups in total. The maximum absolute atomic E-state index is 13.2. The Kier molecular flexibility index (Phi) is 10.6. The summed E-state index contributed by atoms with van der Waals surface area (Å²) in [6.07, 6.45) is -1.33. The van der Waals surface area contributed by atoms with Crippen molar-refractivity contribution in [3.8, 4) is 0 Å². The highest BCUT2D eigenvalue weighted by Crippen LogP contribution is 2.19. The standard InChI is InChI=1S/C18H24F4N4O.HI/c1-2-23-17(24-7-3-9-27-12-18(20,21)22)25-8-6-13-11-26-16-10-14(19)4-5-15(13)16;/h4-5,10-11,26H,2-3,6-9,12H2,1H3,(H2,23,24,25);1H. The Morgan fingerprint density at radius 2 is 2.04 bits per heavy atom. The van der Waals surface area contributed by atoms with Crippen molar-refractivity contribution in [2.45, 2.75) is 25.9 Å². The number of guanidine groups is 1. The molecule has 0 atom stereocenters. The lowest BCUT2D eigenvalue weighted by Crippen LogP contribution is -2.38. The van der Waals surface area contributed by atoms with Crippen molar-refractivity contribution in [3.05, 3.63) is 35.8 Å². The molecule has 0 aliphatic heterocycles. The lowest BCUT2D eigenvalue weighted by atomic mass is 10.1. The van der Waals surface area contributed by atoms with E-state index in [1.807, 2.05) is 13.1 Å². The molecule has 0 saturated heterocycles. The predicted octanol–water partition coefficient (Wildman–Crippen LogP) is 3.99. The van der Waals surface area contributed by atoms with E-state index in [2.05, 4.69) is 25.3 Å². The fourth-order valence-corrected chi connectivity index (χ4v) is 2.57. The molecule has 0 amide bonds. The Balaban J connectivity index is 0.00000392. The van der Waals surface area contributed by atoms with E-state index in [0.29, 0.717) is 38.4 Å². The van der Waals surface area contributed by atoms with E-state index in [1.54, 1.807) is 6.07 Å². The zero-order valence-corrected chi connectivity index (χ0v) is 17.9. The van der Waals surface area contributed by atoms with Crippen molar-refractivity contribution in [1.29, 1.82) is 0 Å². The summed E-state index contributed by atoms with van der Waals surface area (Å²) in [4.78, 5) is 7.37. The van der Waals surface area contributed by atoms with Gasteiger partial charge in [-0.3, -0.25) is 4.99 Å². The number of nitrogens with one attached hydrogen (secondary N) is 3. The summed E-state index contributed by atoms with van der Waals surface area (Å²) >= 11 is 0. The number of ether oxygens (including phenoxy) is 1. The lowest BCUT2D eigenvalue weighted by Gasteiger charge is -2.11. The second-order valence-corrected chi connectivity index (χ2v) is 5.96. The van der Waals surface area contributed by atoms with Crippen LogP contribution in [0.15, 0.2) is 29.4 Å². The van der Waals surface area contributed by atoms with Crippen molar-refractivity contribution in [3.63, 3.8) is 0 Å². The van der Waals surface area contributed by atoms with Gasteiger partial charge in [-0.25, -0.2) is 4.39 Å². The first-order chi connectivity index (χ1) is 12.9. The molecule has 2 aromatic rings. The van der Waals surface area contributed by atoms with Gasteiger partial charge in [-0.15, -0.1) is 24.0 Å². The second-order valence-electron chi connectivity index (χ2n) is 5.96. The quantitative estimate of drug-likeness (QED) is 0.155. The number of benzene rings is 1. The summed E-state index contributed by atoms with van der Waals surface area (Å²) in [6.45, 7) is 2.35. The van der Waals surface area contributed by atoms with E-state index in [1.165, 1.54) is 12.1 Å². The van der Waals surface area contributed by atoms with Crippen molar-refractivity contribution in [2.75, 3.05) is 32.8 Å². The first kappa shape index (κ1) is 24.5. The van der Waals surface area contributed by atoms with E-state index < -0.39 is 12.8 Å². The van der Waals surface area contributed by atoms with Gasteiger partial charge in [-0.05, 0) is 43.5 Å². The maximum atomic E-state index is 13.2. The molecule has 10 heteroatoms. The molecule has 0 radical (unpaired) electrons. The zero-order chi connectivity index (χ0) is 19.7. The number of halogens is 5. The van der Waals surface area contributed by atoms with Crippen LogP contribution in [0.2, 0.25) is 0 Å². The van der Waals surface area contributed by atoms with Gasteiger partial charge < -0.3 is 20.4 Å². The van der Waals surface area contributed by atoms with Gasteiger partial charge >= 0.3 is 6.18 Å². The second kappa shape index (κ2) is 12.1. The third kappa shape index (κ3) is 8.63. The van der Waals surface area contributed by atoms with Crippen LogP contribution in [0.1, 0.15) is 18.9 Å². The molecule has 28 heavy (non-hydrogen) atoms. The number of rotatable bonds is 9. The third-order valence-corrected chi connectivity index (χ3v) is 3.74. The van der Waals surface area contributed by atoms with Crippen molar-refractivity contribution in [1.82, 2.24) is 15.6 Å². The average Bonchev–Trinajstić information content (AvgIpc) is 2.99. The fraction of sp³-hybridized carbons (Fsp3) is 0.500. The molecule has 1 aromatic heterocycles. The highest BCUT2D eigenvalue weighted by Gasteiger charge is 2.27. The highest BCUT2D eigenvalue weighted by atomic mass is 127. The van der Waals surface area contributed by atoms with Crippen molar-refractivity contribution < 1.29 is 22.3 Å². The smallest absolute Gasteiger partial charge is 0.372 e. The Labute approximate surface area is 178 Å². The third-order valence-electron chi connectivity index (χ3n) is 3.74. The van der Waals surface area contributed by atoms with Crippen LogP contribution in [-0.4, -0.2) is 50.0 Å². The van der Waals surface area contributed by atoms with Gasteiger partial charge in [-0.2, -0.15) is 13.2 Å². The number of hydrogen-bond acceptors (Lipinski definition) is 2. The molecule has 158 valence electrons. The van der Waals surface area contributed by atoms with E-state index in [4.69, 9.17) is 0 Å². The summed E-state index contributed by atoms with van der Waals surface area (Å²) in [5.74, 6) is 0.314. The Morgan fingerprint density at radius 1 is 1.25 bits per heavy atom. The molecular formula is C18H25F4IN4O. The molecular weight excluding hydrogens is 491 g/mol. The summed E-state index contributed by atoms with van der Waals surface area (Å²) in [5.41, 5.74) is 1.82. The fourth-order valence-electron chi connectivity index (χ4n) is 2.57.